The third kappa shape index (κ3) is 2.92. The molecule has 0 amide bonds. The number of alkyl halides is 3. The van der Waals surface area contributed by atoms with Crippen LogP contribution in [-0.2, 0) is 6.18 Å². The molecule has 0 unspecified atom stereocenters. The Morgan fingerprint density at radius 1 is 1.11 bits per heavy atom. The van der Waals surface area contributed by atoms with E-state index in [1.807, 2.05) is 0 Å². The molecule has 2 aromatic rings. The van der Waals surface area contributed by atoms with Crippen molar-refractivity contribution in [2.45, 2.75) is 6.18 Å². The average molecular weight is 398 g/mol. The molecule has 2 nitrogen and oxygen atoms in total. The summed E-state index contributed by atoms with van der Waals surface area (Å²) < 4.78 is 43.4. The normalized spacial score (nSPS) is 11.6. The topological polar surface area (TPSA) is 30.2 Å². The summed E-state index contributed by atoms with van der Waals surface area (Å²) in [7, 11) is 0. The van der Waals surface area contributed by atoms with E-state index in [4.69, 9.17) is 4.42 Å². The predicted octanol–water partition coefficient (Wildman–Crippen LogP) is 5.05. The molecule has 0 atom stereocenters. The standard InChI is InChI=1S/C12H5Br2F3O2/c13-8-2-1-6(5-7(8)12(15,16)17)10(18)11-9(14)3-4-19-11/h1-5H. The number of benzene rings is 1. The van der Waals surface area contributed by atoms with Gasteiger partial charge in [-0.2, -0.15) is 13.2 Å². The predicted molar refractivity (Wildman–Crippen MR) is 69.0 cm³/mol. The van der Waals surface area contributed by atoms with Gasteiger partial charge in [0.15, 0.2) is 5.76 Å². The van der Waals surface area contributed by atoms with Crippen molar-refractivity contribution in [1.29, 1.82) is 0 Å². The van der Waals surface area contributed by atoms with Gasteiger partial charge in [0, 0.05) is 10.0 Å². The van der Waals surface area contributed by atoms with Crippen LogP contribution in [0.25, 0.3) is 0 Å². The number of ketones is 1. The molecule has 19 heavy (non-hydrogen) atoms. The first-order valence-corrected chi connectivity index (χ1v) is 6.53. The van der Waals surface area contributed by atoms with Crippen molar-refractivity contribution in [3.63, 3.8) is 0 Å². The van der Waals surface area contributed by atoms with E-state index in [2.05, 4.69) is 31.9 Å². The summed E-state index contributed by atoms with van der Waals surface area (Å²) in [5, 5.41) is 0. The zero-order chi connectivity index (χ0) is 14.2. The van der Waals surface area contributed by atoms with Crippen LogP contribution in [0.2, 0.25) is 0 Å². The van der Waals surface area contributed by atoms with Crippen molar-refractivity contribution < 1.29 is 22.4 Å². The molecule has 0 N–H and O–H groups in total. The fraction of sp³-hybridized carbons (Fsp3) is 0.0833. The Bertz CT molecular complexity index is 632. The van der Waals surface area contributed by atoms with E-state index >= 15 is 0 Å². The first-order valence-electron chi connectivity index (χ1n) is 4.95. The van der Waals surface area contributed by atoms with Crippen LogP contribution in [0, 0.1) is 0 Å². The molecule has 0 saturated carbocycles. The van der Waals surface area contributed by atoms with Crippen LogP contribution in [0.5, 0.6) is 0 Å². The Hall–Kier alpha value is -1.08. The van der Waals surface area contributed by atoms with Crippen molar-refractivity contribution in [3.05, 3.63) is 56.4 Å². The van der Waals surface area contributed by atoms with Gasteiger partial charge in [0.2, 0.25) is 5.78 Å². The minimum atomic E-state index is -4.53. The molecule has 0 aliphatic heterocycles. The Kier molecular flexibility index (Phi) is 3.87. The first-order chi connectivity index (χ1) is 8.80. The van der Waals surface area contributed by atoms with Crippen molar-refractivity contribution in [3.8, 4) is 0 Å². The second-order valence-corrected chi connectivity index (χ2v) is 5.33. The van der Waals surface area contributed by atoms with Crippen LogP contribution in [0.1, 0.15) is 21.7 Å². The molecule has 1 heterocycles. The second kappa shape index (κ2) is 5.13. The molecule has 0 radical (unpaired) electrons. The average Bonchev–Trinajstić information content (AvgIpc) is 2.73. The molecule has 2 rings (SSSR count). The lowest BCUT2D eigenvalue weighted by molar-refractivity contribution is -0.138. The maximum absolute atomic E-state index is 12.7. The van der Waals surface area contributed by atoms with Gasteiger partial charge in [-0.15, -0.1) is 0 Å². The Balaban J connectivity index is 2.48. The number of carbonyl (C=O) groups excluding carboxylic acids is 1. The zero-order valence-corrected chi connectivity index (χ0v) is 12.3. The van der Waals surface area contributed by atoms with Crippen molar-refractivity contribution in [2.24, 2.45) is 0 Å². The lowest BCUT2D eigenvalue weighted by Crippen LogP contribution is -2.09. The van der Waals surface area contributed by atoms with Gasteiger partial charge in [0.1, 0.15) is 0 Å². The maximum Gasteiger partial charge on any atom is 0.417 e. The summed E-state index contributed by atoms with van der Waals surface area (Å²) in [6.07, 6.45) is -3.25. The molecule has 1 aromatic carbocycles. The van der Waals surface area contributed by atoms with E-state index in [0.717, 1.165) is 6.07 Å². The summed E-state index contributed by atoms with van der Waals surface area (Å²) in [6.45, 7) is 0. The van der Waals surface area contributed by atoms with Crippen LogP contribution < -0.4 is 0 Å². The lowest BCUT2D eigenvalue weighted by Gasteiger charge is -2.10. The Labute approximate surface area is 122 Å². The van der Waals surface area contributed by atoms with Crippen LogP contribution in [-0.4, -0.2) is 5.78 Å². The molecular weight excluding hydrogens is 393 g/mol. The summed E-state index contributed by atoms with van der Waals surface area (Å²) in [5.74, 6) is -0.648. The highest BCUT2D eigenvalue weighted by atomic mass is 79.9. The largest absolute Gasteiger partial charge is 0.460 e. The van der Waals surface area contributed by atoms with E-state index in [9.17, 15) is 18.0 Å². The minimum absolute atomic E-state index is 0.0320. The molecule has 0 bridgehead atoms. The van der Waals surface area contributed by atoms with Gasteiger partial charge >= 0.3 is 6.18 Å². The second-order valence-electron chi connectivity index (χ2n) is 3.62. The fourth-order valence-corrected chi connectivity index (χ4v) is 2.32. The van der Waals surface area contributed by atoms with Gasteiger partial charge in [-0.3, -0.25) is 4.79 Å². The highest BCUT2D eigenvalue weighted by Crippen LogP contribution is 2.36. The summed E-state index contributed by atoms with van der Waals surface area (Å²) in [5.41, 5.74) is -0.993. The van der Waals surface area contributed by atoms with Crippen molar-refractivity contribution in [1.82, 2.24) is 0 Å². The molecule has 0 aliphatic carbocycles. The van der Waals surface area contributed by atoms with Crippen molar-refractivity contribution in [2.75, 3.05) is 0 Å². The van der Waals surface area contributed by atoms with E-state index < -0.39 is 17.5 Å². The number of rotatable bonds is 2. The Morgan fingerprint density at radius 2 is 1.79 bits per heavy atom. The quantitative estimate of drug-likeness (QED) is 0.663. The minimum Gasteiger partial charge on any atom is -0.460 e. The summed E-state index contributed by atoms with van der Waals surface area (Å²) in [4.78, 5) is 12.0. The van der Waals surface area contributed by atoms with E-state index in [-0.39, 0.29) is 15.8 Å². The Morgan fingerprint density at radius 3 is 2.32 bits per heavy atom. The molecule has 0 spiro atoms. The maximum atomic E-state index is 12.7. The fourth-order valence-electron chi connectivity index (χ4n) is 1.47. The molecule has 7 heteroatoms. The molecule has 1 aromatic heterocycles. The van der Waals surface area contributed by atoms with Gasteiger partial charge in [0.25, 0.3) is 0 Å². The van der Waals surface area contributed by atoms with Gasteiger partial charge < -0.3 is 4.42 Å². The van der Waals surface area contributed by atoms with Gasteiger partial charge in [0.05, 0.1) is 16.3 Å². The van der Waals surface area contributed by atoms with Gasteiger partial charge in [-0.05, 0) is 40.2 Å². The molecule has 0 aliphatic rings. The van der Waals surface area contributed by atoms with Gasteiger partial charge in [-0.25, -0.2) is 0 Å². The van der Waals surface area contributed by atoms with Gasteiger partial charge in [-0.1, -0.05) is 15.9 Å². The number of hydrogen-bond donors (Lipinski definition) is 0. The summed E-state index contributed by atoms with van der Waals surface area (Å²) in [6, 6.07) is 4.78. The smallest absolute Gasteiger partial charge is 0.417 e. The highest BCUT2D eigenvalue weighted by molar-refractivity contribution is 9.10. The van der Waals surface area contributed by atoms with E-state index in [1.165, 1.54) is 24.5 Å². The third-order valence-electron chi connectivity index (χ3n) is 2.36. The molecule has 0 saturated heterocycles. The van der Waals surface area contributed by atoms with E-state index in [1.54, 1.807) is 0 Å². The third-order valence-corrected chi connectivity index (χ3v) is 3.67. The highest BCUT2D eigenvalue weighted by Gasteiger charge is 2.34. The zero-order valence-electron chi connectivity index (χ0n) is 9.09. The van der Waals surface area contributed by atoms with Crippen molar-refractivity contribution >= 4 is 37.6 Å². The molecular formula is C12H5Br2F3O2. The SMILES string of the molecule is O=C(c1ccc(Br)c(C(F)(F)F)c1)c1occc1Br. The lowest BCUT2D eigenvalue weighted by atomic mass is 10.1. The van der Waals surface area contributed by atoms with Crippen LogP contribution in [0.15, 0.2) is 43.9 Å². The number of carbonyl (C=O) groups is 1. The number of halogens is 5. The van der Waals surface area contributed by atoms with E-state index in [0.29, 0.717) is 4.47 Å². The number of furan rings is 1. The summed E-state index contributed by atoms with van der Waals surface area (Å²) >= 11 is 5.91. The monoisotopic (exact) mass is 396 g/mol. The van der Waals surface area contributed by atoms with Crippen LogP contribution in [0.3, 0.4) is 0 Å². The first kappa shape index (κ1) is 14.3. The van der Waals surface area contributed by atoms with Crippen LogP contribution in [0.4, 0.5) is 13.2 Å². The molecule has 0 fully saturated rings. The molecule has 100 valence electrons. The number of hydrogen-bond acceptors (Lipinski definition) is 2. The van der Waals surface area contributed by atoms with Crippen LogP contribution >= 0.6 is 31.9 Å².